The average Bonchev–Trinajstić information content (AvgIpc) is 3.18. The third kappa shape index (κ3) is 5.44. The second kappa shape index (κ2) is 9.79. The number of nitrogens with one attached hydrogen (secondary N) is 1. The molecule has 0 bridgehead atoms. The fourth-order valence-electron chi connectivity index (χ4n) is 3.79. The number of ether oxygens (including phenoxy) is 1. The lowest BCUT2D eigenvalue weighted by molar-refractivity contribution is 0.0342. The Morgan fingerprint density at radius 1 is 1.15 bits per heavy atom. The van der Waals surface area contributed by atoms with Crippen LogP contribution in [-0.4, -0.2) is 42.2 Å². The van der Waals surface area contributed by atoms with E-state index in [0.717, 1.165) is 67.6 Å². The van der Waals surface area contributed by atoms with Crippen molar-refractivity contribution in [3.8, 4) is 10.4 Å². The smallest absolute Gasteiger partial charge is 0.251 e. The lowest BCUT2D eigenvalue weighted by Crippen LogP contribution is -2.35. The molecule has 0 unspecified atom stereocenters. The summed E-state index contributed by atoms with van der Waals surface area (Å²) >= 11 is 1.03. The number of rotatable bonds is 7. The number of hydrogen-bond acceptors (Lipinski definition) is 6. The van der Waals surface area contributed by atoms with Crippen molar-refractivity contribution in [3.05, 3.63) is 70.8 Å². The molecular formula is C25H27F2N3O3S. The Labute approximate surface area is 201 Å². The molecule has 1 aliphatic rings. The van der Waals surface area contributed by atoms with Crippen molar-refractivity contribution in [1.82, 2.24) is 4.90 Å². The lowest BCUT2D eigenvalue weighted by Gasteiger charge is -2.26. The fourth-order valence-corrected chi connectivity index (χ4v) is 4.93. The van der Waals surface area contributed by atoms with Gasteiger partial charge in [-0.25, -0.2) is 8.78 Å². The summed E-state index contributed by atoms with van der Waals surface area (Å²) in [5.74, 6) is -2.36. The highest BCUT2D eigenvalue weighted by Crippen LogP contribution is 2.40. The Balaban J connectivity index is 1.58. The van der Waals surface area contributed by atoms with Crippen LogP contribution in [0.25, 0.3) is 10.4 Å². The molecule has 1 amide bonds. The number of amides is 1. The molecule has 4 rings (SSSR count). The van der Waals surface area contributed by atoms with E-state index in [-0.39, 0.29) is 21.6 Å². The first-order valence-corrected chi connectivity index (χ1v) is 11.8. The van der Waals surface area contributed by atoms with E-state index in [0.29, 0.717) is 5.00 Å². The van der Waals surface area contributed by atoms with Gasteiger partial charge < -0.3 is 20.9 Å². The van der Waals surface area contributed by atoms with Crippen molar-refractivity contribution < 1.29 is 23.4 Å². The number of carbonyl (C=O) groups is 1. The second-order valence-corrected chi connectivity index (χ2v) is 9.85. The molecule has 6 nitrogen and oxygen atoms in total. The molecule has 0 atom stereocenters. The van der Waals surface area contributed by atoms with Gasteiger partial charge in [0.25, 0.3) is 5.91 Å². The first-order chi connectivity index (χ1) is 16.1. The Kier molecular flexibility index (Phi) is 6.99. The van der Waals surface area contributed by atoms with Gasteiger partial charge in [-0.05, 0) is 55.3 Å². The van der Waals surface area contributed by atoms with Crippen molar-refractivity contribution in [2.24, 2.45) is 5.73 Å². The van der Waals surface area contributed by atoms with Crippen LogP contribution in [0.1, 0.15) is 35.3 Å². The molecule has 1 aromatic heterocycles. The van der Waals surface area contributed by atoms with Crippen LogP contribution in [0.2, 0.25) is 0 Å². The normalized spacial score (nSPS) is 14.9. The summed E-state index contributed by atoms with van der Waals surface area (Å²) in [6.07, 6.45) is 0. The molecule has 0 aliphatic carbocycles. The van der Waals surface area contributed by atoms with Crippen molar-refractivity contribution >= 4 is 27.9 Å². The van der Waals surface area contributed by atoms with E-state index in [1.165, 1.54) is 19.9 Å². The van der Waals surface area contributed by atoms with Gasteiger partial charge in [-0.3, -0.25) is 9.69 Å². The number of nitrogens with zero attached hydrogens (tertiary/aromatic N) is 1. The van der Waals surface area contributed by atoms with Crippen LogP contribution < -0.4 is 11.1 Å². The predicted octanol–water partition coefficient (Wildman–Crippen LogP) is 4.60. The Hall–Kier alpha value is -2.85. The van der Waals surface area contributed by atoms with Crippen LogP contribution in [-0.2, 0) is 16.9 Å². The zero-order valence-corrected chi connectivity index (χ0v) is 19.8. The Morgan fingerprint density at radius 2 is 1.76 bits per heavy atom. The van der Waals surface area contributed by atoms with Gasteiger partial charge in [0.2, 0.25) is 0 Å². The first kappa shape index (κ1) is 24.3. The predicted molar refractivity (Wildman–Crippen MR) is 129 cm³/mol. The van der Waals surface area contributed by atoms with Gasteiger partial charge in [-0.1, -0.05) is 12.1 Å². The maximum absolute atomic E-state index is 14.8. The van der Waals surface area contributed by atoms with Gasteiger partial charge in [-0.2, -0.15) is 0 Å². The van der Waals surface area contributed by atoms with E-state index in [2.05, 4.69) is 10.2 Å². The number of morpholine rings is 1. The van der Waals surface area contributed by atoms with Crippen molar-refractivity contribution in [3.63, 3.8) is 0 Å². The zero-order valence-electron chi connectivity index (χ0n) is 19.0. The number of carbonyl (C=O) groups excluding carboxylic acids is 1. The summed E-state index contributed by atoms with van der Waals surface area (Å²) in [7, 11) is 0. The number of benzene rings is 2. The van der Waals surface area contributed by atoms with Gasteiger partial charge >= 0.3 is 0 Å². The average molecular weight is 488 g/mol. The minimum atomic E-state index is -1.39. The maximum Gasteiger partial charge on any atom is 0.251 e. The molecule has 9 heteroatoms. The van der Waals surface area contributed by atoms with Gasteiger partial charge in [0, 0.05) is 30.2 Å². The molecule has 0 radical (unpaired) electrons. The number of nitrogens with two attached hydrogens (primary N) is 1. The molecular weight excluding hydrogens is 460 g/mol. The standard InChI is InChI=1S/C25H27F2N3O3S/c1-25(2,32)16-11-19(26)22(20(27)12-16)21-13-18(23(28)31)24(34-21)29-17-5-3-15(4-6-17)14-30-7-9-33-10-8-30/h3-6,11-13,29,32H,7-10,14H2,1-2H3,(H2,28,31). The zero-order chi connectivity index (χ0) is 24.5. The highest BCUT2D eigenvalue weighted by molar-refractivity contribution is 7.20. The van der Waals surface area contributed by atoms with Crippen LogP contribution in [0.5, 0.6) is 0 Å². The van der Waals surface area contributed by atoms with Crippen molar-refractivity contribution in [2.45, 2.75) is 26.0 Å². The number of primary amides is 1. The Morgan fingerprint density at radius 3 is 2.32 bits per heavy atom. The molecule has 0 spiro atoms. The summed E-state index contributed by atoms with van der Waals surface area (Å²) in [6.45, 7) is 6.97. The molecule has 1 aliphatic heterocycles. The minimum Gasteiger partial charge on any atom is -0.386 e. The molecule has 3 aromatic rings. The summed E-state index contributed by atoms with van der Waals surface area (Å²) in [4.78, 5) is 14.6. The van der Waals surface area contributed by atoms with Crippen molar-refractivity contribution in [1.29, 1.82) is 0 Å². The quantitative estimate of drug-likeness (QED) is 0.454. The largest absolute Gasteiger partial charge is 0.386 e. The van der Waals surface area contributed by atoms with Gasteiger partial charge in [0.15, 0.2) is 0 Å². The second-order valence-electron chi connectivity index (χ2n) is 8.80. The molecule has 4 N–H and O–H groups in total. The minimum absolute atomic E-state index is 0.119. The number of anilines is 2. The van der Waals surface area contributed by atoms with E-state index >= 15 is 0 Å². The van der Waals surface area contributed by atoms with E-state index in [1.54, 1.807) is 0 Å². The van der Waals surface area contributed by atoms with Crippen LogP contribution in [0.3, 0.4) is 0 Å². The highest BCUT2D eigenvalue weighted by atomic mass is 32.1. The van der Waals surface area contributed by atoms with Gasteiger partial charge in [-0.15, -0.1) is 11.3 Å². The van der Waals surface area contributed by atoms with Crippen LogP contribution in [0.4, 0.5) is 19.5 Å². The molecule has 180 valence electrons. The van der Waals surface area contributed by atoms with Crippen LogP contribution in [0.15, 0.2) is 42.5 Å². The summed E-state index contributed by atoms with van der Waals surface area (Å²) < 4.78 is 35.1. The number of halogens is 2. The summed E-state index contributed by atoms with van der Waals surface area (Å²) in [5.41, 5.74) is 6.00. The molecule has 0 saturated carbocycles. The fraction of sp³-hybridized carbons (Fsp3) is 0.320. The third-order valence-corrected chi connectivity index (χ3v) is 6.78. The summed E-state index contributed by atoms with van der Waals surface area (Å²) in [6, 6.07) is 11.3. The van der Waals surface area contributed by atoms with Gasteiger partial charge in [0.1, 0.15) is 16.6 Å². The third-order valence-electron chi connectivity index (χ3n) is 5.71. The van der Waals surface area contributed by atoms with Crippen LogP contribution >= 0.6 is 11.3 Å². The van der Waals surface area contributed by atoms with E-state index in [4.69, 9.17) is 10.5 Å². The number of thiophene rings is 1. The highest BCUT2D eigenvalue weighted by Gasteiger charge is 2.24. The molecule has 1 saturated heterocycles. The SMILES string of the molecule is CC(C)(O)c1cc(F)c(-c2cc(C(N)=O)c(Nc3ccc(CN4CCOCC4)cc3)s2)c(F)c1. The lowest BCUT2D eigenvalue weighted by atomic mass is 9.96. The van der Waals surface area contributed by atoms with E-state index in [9.17, 15) is 18.7 Å². The first-order valence-electron chi connectivity index (χ1n) is 10.9. The van der Waals surface area contributed by atoms with Crippen molar-refractivity contribution in [2.75, 3.05) is 31.6 Å². The topological polar surface area (TPSA) is 87.8 Å². The summed E-state index contributed by atoms with van der Waals surface area (Å²) in [5, 5.41) is 13.6. The molecule has 34 heavy (non-hydrogen) atoms. The molecule has 1 fully saturated rings. The Bertz CT molecular complexity index is 1160. The monoisotopic (exact) mass is 487 g/mol. The van der Waals surface area contributed by atoms with Crippen LogP contribution in [0, 0.1) is 11.6 Å². The van der Waals surface area contributed by atoms with E-state index in [1.807, 2.05) is 24.3 Å². The molecule has 2 aromatic carbocycles. The number of hydrogen-bond donors (Lipinski definition) is 3. The van der Waals surface area contributed by atoms with E-state index < -0.39 is 23.1 Å². The maximum atomic E-state index is 14.8. The van der Waals surface area contributed by atoms with Gasteiger partial charge in [0.05, 0.1) is 29.9 Å². The number of aliphatic hydroxyl groups is 1. The molecule has 2 heterocycles.